The quantitative estimate of drug-likeness (QED) is 0.730. The number of ether oxygens (including phenoxy) is 1. The van der Waals surface area contributed by atoms with Gasteiger partial charge in [0.1, 0.15) is 6.04 Å². The minimum Gasteiger partial charge on any atom is -0.468 e. The lowest BCUT2D eigenvalue weighted by Gasteiger charge is -2.02. The molecule has 14 heavy (non-hydrogen) atoms. The smallest absolute Gasteiger partial charge is 0.326 e. The molecular formula is C11H13NO2. The molecule has 2 N–H and O–H groups in total. The van der Waals surface area contributed by atoms with E-state index < -0.39 is 12.0 Å². The first kappa shape index (κ1) is 10.5. The van der Waals surface area contributed by atoms with E-state index >= 15 is 0 Å². The molecule has 0 amide bonds. The summed E-state index contributed by atoms with van der Waals surface area (Å²) in [7, 11) is 1.32. The Morgan fingerprint density at radius 1 is 1.43 bits per heavy atom. The lowest BCUT2D eigenvalue weighted by molar-refractivity contribution is -0.140. The molecule has 0 radical (unpaired) electrons. The van der Waals surface area contributed by atoms with E-state index in [1.807, 2.05) is 30.3 Å². The second-order valence-electron chi connectivity index (χ2n) is 2.82. The lowest BCUT2D eigenvalue weighted by Crippen LogP contribution is -2.28. The third-order valence-corrected chi connectivity index (χ3v) is 1.77. The molecule has 0 bridgehead atoms. The van der Waals surface area contributed by atoms with Gasteiger partial charge in [0.05, 0.1) is 7.11 Å². The van der Waals surface area contributed by atoms with Crippen molar-refractivity contribution in [1.29, 1.82) is 0 Å². The van der Waals surface area contributed by atoms with E-state index in [1.165, 1.54) is 7.11 Å². The molecule has 0 saturated carbocycles. The highest BCUT2D eigenvalue weighted by Crippen LogP contribution is 2.01. The van der Waals surface area contributed by atoms with E-state index in [4.69, 9.17) is 5.73 Å². The van der Waals surface area contributed by atoms with Crippen LogP contribution in [-0.4, -0.2) is 19.1 Å². The zero-order valence-corrected chi connectivity index (χ0v) is 8.01. The Morgan fingerprint density at radius 3 is 2.64 bits per heavy atom. The third-order valence-electron chi connectivity index (χ3n) is 1.77. The summed E-state index contributed by atoms with van der Waals surface area (Å²) in [5.74, 6) is -0.433. The van der Waals surface area contributed by atoms with Crippen molar-refractivity contribution < 1.29 is 9.53 Å². The van der Waals surface area contributed by atoms with Crippen molar-refractivity contribution in [1.82, 2.24) is 0 Å². The molecule has 3 nitrogen and oxygen atoms in total. The molecule has 1 aromatic rings. The molecule has 3 heteroatoms. The van der Waals surface area contributed by atoms with Crippen LogP contribution < -0.4 is 5.73 Å². The number of hydrogen-bond acceptors (Lipinski definition) is 3. The number of carbonyl (C=O) groups is 1. The fraction of sp³-hybridized carbons (Fsp3) is 0.182. The highest BCUT2D eigenvalue weighted by molar-refractivity contribution is 5.79. The minimum atomic E-state index is -0.694. The Balaban J connectivity index is 2.60. The summed E-state index contributed by atoms with van der Waals surface area (Å²) in [5.41, 5.74) is 6.52. The van der Waals surface area contributed by atoms with Crippen molar-refractivity contribution in [3.8, 4) is 0 Å². The van der Waals surface area contributed by atoms with Crippen molar-refractivity contribution in [2.45, 2.75) is 6.04 Å². The highest BCUT2D eigenvalue weighted by Gasteiger charge is 2.08. The van der Waals surface area contributed by atoms with Gasteiger partial charge in [0, 0.05) is 0 Å². The van der Waals surface area contributed by atoms with E-state index in [-0.39, 0.29) is 0 Å². The Hall–Kier alpha value is -1.61. The molecular weight excluding hydrogens is 178 g/mol. The molecule has 0 fully saturated rings. The summed E-state index contributed by atoms with van der Waals surface area (Å²) < 4.78 is 4.49. The van der Waals surface area contributed by atoms with Crippen molar-refractivity contribution >= 4 is 12.0 Å². The molecule has 0 aliphatic carbocycles. The Bertz CT molecular complexity index is 319. The van der Waals surface area contributed by atoms with Gasteiger partial charge in [-0.05, 0) is 5.56 Å². The third kappa shape index (κ3) is 3.03. The number of methoxy groups -OCH3 is 1. The zero-order chi connectivity index (χ0) is 10.4. The van der Waals surface area contributed by atoms with Crippen LogP contribution in [0.2, 0.25) is 0 Å². The standard InChI is InChI=1S/C11H13NO2/c1-14-11(13)10(12)8-7-9-5-3-2-4-6-9/h2-8,10H,12H2,1H3. The normalized spacial score (nSPS) is 12.7. The average Bonchev–Trinajstić information content (AvgIpc) is 2.26. The summed E-state index contributed by atoms with van der Waals surface area (Å²) in [6.07, 6.45) is 3.41. The van der Waals surface area contributed by atoms with Crippen molar-refractivity contribution in [2.24, 2.45) is 5.73 Å². The maximum absolute atomic E-state index is 10.9. The number of benzene rings is 1. The molecule has 1 atom stereocenters. The Morgan fingerprint density at radius 2 is 2.07 bits per heavy atom. The SMILES string of the molecule is COC(=O)C(N)C=Cc1ccccc1. The van der Waals surface area contributed by atoms with Crippen molar-refractivity contribution in [2.75, 3.05) is 7.11 Å². The number of carbonyl (C=O) groups excluding carboxylic acids is 1. The van der Waals surface area contributed by atoms with E-state index in [0.717, 1.165) is 5.56 Å². The van der Waals surface area contributed by atoms with Crippen LogP contribution in [0.3, 0.4) is 0 Å². The second-order valence-corrected chi connectivity index (χ2v) is 2.82. The van der Waals surface area contributed by atoms with Gasteiger partial charge in [-0.1, -0.05) is 42.5 Å². The first-order valence-corrected chi connectivity index (χ1v) is 4.30. The van der Waals surface area contributed by atoms with Crippen LogP contribution in [0.4, 0.5) is 0 Å². The van der Waals surface area contributed by atoms with Crippen LogP contribution in [-0.2, 0) is 9.53 Å². The van der Waals surface area contributed by atoms with Crippen LogP contribution in [0.15, 0.2) is 36.4 Å². The molecule has 0 aliphatic rings. The zero-order valence-electron chi connectivity index (χ0n) is 8.01. The molecule has 0 saturated heterocycles. The van der Waals surface area contributed by atoms with Crippen LogP contribution in [0.5, 0.6) is 0 Å². The molecule has 0 aromatic heterocycles. The van der Waals surface area contributed by atoms with E-state index in [0.29, 0.717) is 0 Å². The van der Waals surface area contributed by atoms with Gasteiger partial charge in [-0.25, -0.2) is 0 Å². The van der Waals surface area contributed by atoms with Gasteiger partial charge >= 0.3 is 5.97 Å². The lowest BCUT2D eigenvalue weighted by atomic mass is 10.2. The number of rotatable bonds is 3. The first-order chi connectivity index (χ1) is 6.74. The fourth-order valence-electron chi connectivity index (χ4n) is 0.994. The monoisotopic (exact) mass is 191 g/mol. The summed E-state index contributed by atoms with van der Waals surface area (Å²) in [6.45, 7) is 0. The van der Waals surface area contributed by atoms with E-state index in [2.05, 4.69) is 4.74 Å². The van der Waals surface area contributed by atoms with Crippen molar-refractivity contribution in [3.63, 3.8) is 0 Å². The topological polar surface area (TPSA) is 52.3 Å². The molecule has 0 spiro atoms. The molecule has 0 heterocycles. The minimum absolute atomic E-state index is 0.433. The summed E-state index contributed by atoms with van der Waals surface area (Å²) in [5, 5.41) is 0. The maximum atomic E-state index is 10.9. The van der Waals surface area contributed by atoms with Crippen LogP contribution in [0, 0.1) is 0 Å². The highest BCUT2D eigenvalue weighted by atomic mass is 16.5. The predicted molar refractivity (Wildman–Crippen MR) is 55.5 cm³/mol. The Labute approximate surface area is 83.2 Å². The molecule has 1 rings (SSSR count). The number of hydrogen-bond donors (Lipinski definition) is 1. The predicted octanol–water partition coefficient (Wildman–Crippen LogP) is 1.20. The molecule has 1 unspecified atom stereocenters. The van der Waals surface area contributed by atoms with Gasteiger partial charge in [-0.15, -0.1) is 0 Å². The van der Waals surface area contributed by atoms with Crippen molar-refractivity contribution in [3.05, 3.63) is 42.0 Å². The van der Waals surface area contributed by atoms with E-state index in [1.54, 1.807) is 12.2 Å². The second kappa shape index (κ2) is 5.19. The average molecular weight is 191 g/mol. The number of nitrogens with two attached hydrogens (primary N) is 1. The molecule has 0 aliphatic heterocycles. The fourth-order valence-corrected chi connectivity index (χ4v) is 0.994. The van der Waals surface area contributed by atoms with Crippen LogP contribution in [0.25, 0.3) is 6.08 Å². The van der Waals surface area contributed by atoms with E-state index in [9.17, 15) is 4.79 Å². The van der Waals surface area contributed by atoms with Gasteiger partial charge in [0.25, 0.3) is 0 Å². The van der Waals surface area contributed by atoms with Gasteiger partial charge in [-0.3, -0.25) is 4.79 Å². The maximum Gasteiger partial charge on any atom is 0.326 e. The van der Waals surface area contributed by atoms with Crippen LogP contribution >= 0.6 is 0 Å². The van der Waals surface area contributed by atoms with Gasteiger partial charge in [0.2, 0.25) is 0 Å². The Kier molecular flexibility index (Phi) is 3.88. The first-order valence-electron chi connectivity index (χ1n) is 4.30. The molecule has 1 aromatic carbocycles. The van der Waals surface area contributed by atoms with Gasteiger partial charge < -0.3 is 10.5 Å². The largest absolute Gasteiger partial charge is 0.468 e. The van der Waals surface area contributed by atoms with Crippen LogP contribution in [0.1, 0.15) is 5.56 Å². The number of esters is 1. The summed E-state index contributed by atoms with van der Waals surface area (Å²) in [6, 6.07) is 8.94. The summed E-state index contributed by atoms with van der Waals surface area (Å²) >= 11 is 0. The van der Waals surface area contributed by atoms with Gasteiger partial charge in [0.15, 0.2) is 0 Å². The van der Waals surface area contributed by atoms with Gasteiger partial charge in [-0.2, -0.15) is 0 Å². The summed E-state index contributed by atoms with van der Waals surface area (Å²) in [4.78, 5) is 10.9. The molecule has 74 valence electrons.